The molecule has 1 aromatic rings. The van der Waals surface area contributed by atoms with Gasteiger partial charge in [-0.3, -0.25) is 4.79 Å². The van der Waals surface area contributed by atoms with Gasteiger partial charge in [-0.25, -0.2) is 4.98 Å². The van der Waals surface area contributed by atoms with Gasteiger partial charge in [0.25, 0.3) is 5.91 Å². The standard InChI is InChI=1S/C14H21N3O/c15-13(18)12-11-8-4-5-9-17(11)14(16-12)10-6-2-1-3-7-10/h10H,1-9H2,(H2,15,18). The lowest BCUT2D eigenvalue weighted by atomic mass is 9.88. The maximum Gasteiger partial charge on any atom is 0.269 e. The van der Waals surface area contributed by atoms with Crippen LogP contribution in [0.4, 0.5) is 0 Å². The van der Waals surface area contributed by atoms with Crippen LogP contribution in [0.25, 0.3) is 0 Å². The van der Waals surface area contributed by atoms with Gasteiger partial charge >= 0.3 is 0 Å². The molecule has 0 spiro atoms. The summed E-state index contributed by atoms with van der Waals surface area (Å²) in [7, 11) is 0. The van der Waals surface area contributed by atoms with Crippen molar-refractivity contribution in [3.63, 3.8) is 0 Å². The summed E-state index contributed by atoms with van der Waals surface area (Å²) in [5, 5.41) is 0. The van der Waals surface area contributed by atoms with Crippen molar-refractivity contribution in [2.75, 3.05) is 0 Å². The molecule has 2 aliphatic rings. The summed E-state index contributed by atoms with van der Waals surface area (Å²) in [5.74, 6) is 1.32. The third-order valence-electron chi connectivity index (χ3n) is 4.35. The average molecular weight is 247 g/mol. The number of hydrogen-bond acceptors (Lipinski definition) is 2. The van der Waals surface area contributed by atoms with E-state index in [1.54, 1.807) is 0 Å². The number of rotatable bonds is 2. The first-order chi connectivity index (χ1) is 8.77. The predicted octanol–water partition coefficient (Wildman–Crippen LogP) is 2.37. The summed E-state index contributed by atoms with van der Waals surface area (Å²) < 4.78 is 2.29. The van der Waals surface area contributed by atoms with Gasteiger partial charge in [0.15, 0.2) is 0 Å². The minimum Gasteiger partial charge on any atom is -0.364 e. The molecule has 0 radical (unpaired) electrons. The molecule has 1 fully saturated rings. The van der Waals surface area contributed by atoms with E-state index in [1.165, 1.54) is 38.5 Å². The minimum absolute atomic E-state index is 0.359. The van der Waals surface area contributed by atoms with Crippen LogP contribution in [0.2, 0.25) is 0 Å². The van der Waals surface area contributed by atoms with Gasteiger partial charge in [0, 0.05) is 12.5 Å². The molecule has 1 aromatic heterocycles. The van der Waals surface area contributed by atoms with E-state index in [0.29, 0.717) is 11.6 Å². The lowest BCUT2D eigenvalue weighted by Crippen LogP contribution is -2.18. The van der Waals surface area contributed by atoms with Gasteiger partial charge < -0.3 is 10.3 Å². The molecule has 1 aliphatic heterocycles. The first kappa shape index (κ1) is 11.8. The van der Waals surface area contributed by atoms with Crippen LogP contribution < -0.4 is 5.73 Å². The number of carbonyl (C=O) groups excluding carboxylic acids is 1. The van der Waals surface area contributed by atoms with Crippen molar-refractivity contribution >= 4 is 5.91 Å². The van der Waals surface area contributed by atoms with Crippen LogP contribution in [0.5, 0.6) is 0 Å². The zero-order chi connectivity index (χ0) is 12.5. The van der Waals surface area contributed by atoms with E-state index in [1.807, 2.05) is 0 Å². The molecule has 0 saturated heterocycles. The third kappa shape index (κ3) is 1.93. The highest BCUT2D eigenvalue weighted by molar-refractivity contribution is 5.92. The highest BCUT2D eigenvalue weighted by Gasteiger charge is 2.27. The molecule has 1 aliphatic carbocycles. The van der Waals surface area contributed by atoms with Crippen LogP contribution in [0, 0.1) is 0 Å². The monoisotopic (exact) mass is 247 g/mol. The van der Waals surface area contributed by atoms with Crippen molar-refractivity contribution in [2.45, 2.75) is 63.8 Å². The van der Waals surface area contributed by atoms with Gasteiger partial charge in [-0.1, -0.05) is 19.3 Å². The Kier molecular flexibility index (Phi) is 3.10. The van der Waals surface area contributed by atoms with E-state index < -0.39 is 0 Å². The van der Waals surface area contributed by atoms with Gasteiger partial charge in [0.2, 0.25) is 0 Å². The second-order valence-electron chi connectivity index (χ2n) is 5.57. The number of carbonyl (C=O) groups is 1. The minimum atomic E-state index is -0.359. The van der Waals surface area contributed by atoms with Crippen LogP contribution in [0.15, 0.2) is 0 Å². The summed E-state index contributed by atoms with van der Waals surface area (Å²) in [6.45, 7) is 1.02. The first-order valence-electron chi connectivity index (χ1n) is 7.16. The molecule has 3 rings (SSSR count). The van der Waals surface area contributed by atoms with Gasteiger partial charge in [-0.2, -0.15) is 0 Å². The molecule has 0 bridgehead atoms. The average Bonchev–Trinajstić information content (AvgIpc) is 2.79. The van der Waals surface area contributed by atoms with Crippen LogP contribution in [0.3, 0.4) is 0 Å². The molecular weight excluding hydrogens is 226 g/mol. The topological polar surface area (TPSA) is 60.9 Å². The summed E-state index contributed by atoms with van der Waals surface area (Å²) in [6, 6.07) is 0. The number of aromatic nitrogens is 2. The van der Waals surface area contributed by atoms with E-state index in [4.69, 9.17) is 5.73 Å². The number of fused-ring (bicyclic) bond motifs is 1. The summed E-state index contributed by atoms with van der Waals surface area (Å²) in [5.41, 5.74) is 7.10. The van der Waals surface area contributed by atoms with E-state index in [2.05, 4.69) is 9.55 Å². The van der Waals surface area contributed by atoms with E-state index in [9.17, 15) is 4.79 Å². The Labute approximate surface area is 108 Å². The Morgan fingerprint density at radius 2 is 1.94 bits per heavy atom. The fourth-order valence-corrected chi connectivity index (χ4v) is 3.44. The lowest BCUT2D eigenvalue weighted by molar-refractivity contribution is 0.0994. The molecule has 4 heteroatoms. The number of hydrogen-bond donors (Lipinski definition) is 1. The van der Waals surface area contributed by atoms with Gasteiger partial charge in [-0.15, -0.1) is 0 Å². The van der Waals surface area contributed by atoms with Crippen molar-refractivity contribution in [1.29, 1.82) is 0 Å². The fourth-order valence-electron chi connectivity index (χ4n) is 3.44. The van der Waals surface area contributed by atoms with Crippen LogP contribution in [-0.2, 0) is 13.0 Å². The molecule has 98 valence electrons. The normalized spacial score (nSPS) is 20.7. The van der Waals surface area contributed by atoms with E-state index in [0.717, 1.165) is 30.9 Å². The Hall–Kier alpha value is -1.32. The number of nitrogens with two attached hydrogens (primary N) is 1. The SMILES string of the molecule is NC(=O)c1nc(C2CCCCC2)n2c1CCCC2. The summed E-state index contributed by atoms with van der Waals surface area (Å²) in [4.78, 5) is 16.1. The van der Waals surface area contributed by atoms with Crippen LogP contribution in [0.1, 0.15) is 72.9 Å². The molecule has 18 heavy (non-hydrogen) atoms. The molecule has 4 nitrogen and oxygen atoms in total. The van der Waals surface area contributed by atoms with Crippen LogP contribution >= 0.6 is 0 Å². The van der Waals surface area contributed by atoms with Gasteiger partial charge in [-0.05, 0) is 32.1 Å². The molecule has 1 amide bonds. The van der Waals surface area contributed by atoms with Crippen molar-refractivity contribution in [2.24, 2.45) is 5.73 Å². The van der Waals surface area contributed by atoms with Gasteiger partial charge in [0.1, 0.15) is 11.5 Å². The molecule has 0 unspecified atom stereocenters. The molecule has 2 N–H and O–H groups in total. The number of amides is 1. The van der Waals surface area contributed by atoms with Crippen LogP contribution in [-0.4, -0.2) is 15.5 Å². The van der Waals surface area contributed by atoms with Gasteiger partial charge in [0.05, 0.1) is 5.69 Å². The van der Waals surface area contributed by atoms with Crippen molar-refractivity contribution in [3.8, 4) is 0 Å². The third-order valence-corrected chi connectivity index (χ3v) is 4.35. The van der Waals surface area contributed by atoms with Crippen molar-refractivity contribution in [1.82, 2.24) is 9.55 Å². The Morgan fingerprint density at radius 3 is 2.67 bits per heavy atom. The Bertz CT molecular complexity index is 458. The smallest absolute Gasteiger partial charge is 0.269 e. The molecule has 1 saturated carbocycles. The lowest BCUT2D eigenvalue weighted by Gasteiger charge is -2.24. The van der Waals surface area contributed by atoms with Crippen molar-refractivity contribution < 1.29 is 4.79 Å². The second kappa shape index (κ2) is 4.75. The van der Waals surface area contributed by atoms with E-state index in [-0.39, 0.29) is 5.91 Å². The predicted molar refractivity (Wildman–Crippen MR) is 69.5 cm³/mol. The number of imidazole rings is 1. The molecule has 2 heterocycles. The second-order valence-corrected chi connectivity index (χ2v) is 5.57. The maximum atomic E-state index is 11.5. The fraction of sp³-hybridized carbons (Fsp3) is 0.714. The quantitative estimate of drug-likeness (QED) is 0.872. The zero-order valence-corrected chi connectivity index (χ0v) is 10.8. The summed E-state index contributed by atoms with van der Waals surface area (Å²) >= 11 is 0. The number of nitrogens with zero attached hydrogens (tertiary/aromatic N) is 2. The molecule has 0 aromatic carbocycles. The number of primary amides is 1. The Balaban J connectivity index is 2.00. The highest BCUT2D eigenvalue weighted by atomic mass is 16.1. The first-order valence-corrected chi connectivity index (χ1v) is 7.16. The molecular formula is C14H21N3O. The maximum absolute atomic E-state index is 11.5. The van der Waals surface area contributed by atoms with E-state index >= 15 is 0 Å². The Morgan fingerprint density at radius 1 is 1.17 bits per heavy atom. The molecule has 0 atom stereocenters. The largest absolute Gasteiger partial charge is 0.364 e. The zero-order valence-electron chi connectivity index (χ0n) is 10.8. The summed E-state index contributed by atoms with van der Waals surface area (Å²) in [6.07, 6.45) is 9.66. The van der Waals surface area contributed by atoms with Crippen molar-refractivity contribution in [3.05, 3.63) is 17.2 Å². The highest BCUT2D eigenvalue weighted by Crippen LogP contribution is 2.34.